The topological polar surface area (TPSA) is 20.3 Å². The number of anilines is 1. The van der Waals surface area contributed by atoms with E-state index in [0.717, 1.165) is 23.4 Å². The van der Waals surface area contributed by atoms with Crippen LogP contribution >= 0.6 is 0 Å². The Morgan fingerprint density at radius 2 is 1.53 bits per heavy atom. The van der Waals surface area contributed by atoms with Gasteiger partial charge in [-0.05, 0) is 92.9 Å². The van der Waals surface area contributed by atoms with Gasteiger partial charge in [-0.2, -0.15) is 0 Å². The first-order valence-electron chi connectivity index (χ1n) is 12.6. The molecule has 2 heteroatoms. The summed E-state index contributed by atoms with van der Waals surface area (Å²) < 4.78 is 0. The predicted octanol–water partition coefficient (Wildman–Crippen LogP) is 7.89. The molecule has 0 heterocycles. The van der Waals surface area contributed by atoms with Gasteiger partial charge >= 0.3 is 0 Å². The van der Waals surface area contributed by atoms with Gasteiger partial charge in [0.15, 0.2) is 0 Å². The van der Waals surface area contributed by atoms with Crippen molar-refractivity contribution >= 4 is 11.6 Å². The summed E-state index contributed by atoms with van der Waals surface area (Å²) in [7, 11) is 1.85. The van der Waals surface area contributed by atoms with Crippen molar-refractivity contribution in [3.05, 3.63) is 42.0 Å². The fourth-order valence-corrected chi connectivity index (χ4v) is 5.91. The van der Waals surface area contributed by atoms with Gasteiger partial charge in [0.2, 0.25) is 5.91 Å². The summed E-state index contributed by atoms with van der Waals surface area (Å²) in [6.45, 7) is 4.19. The van der Waals surface area contributed by atoms with E-state index in [0.29, 0.717) is 5.92 Å². The van der Waals surface area contributed by atoms with Crippen LogP contribution in [0.5, 0.6) is 0 Å². The lowest BCUT2D eigenvalue weighted by molar-refractivity contribution is -0.113. The van der Waals surface area contributed by atoms with Crippen molar-refractivity contribution in [2.24, 2.45) is 17.8 Å². The third kappa shape index (κ3) is 6.22. The Labute approximate surface area is 185 Å². The van der Waals surface area contributed by atoms with Gasteiger partial charge in [0.25, 0.3) is 0 Å². The molecule has 2 aliphatic carbocycles. The van der Waals surface area contributed by atoms with Crippen LogP contribution in [-0.4, -0.2) is 13.0 Å². The highest BCUT2D eigenvalue weighted by Gasteiger charge is 2.31. The first-order chi connectivity index (χ1) is 14.6. The third-order valence-corrected chi connectivity index (χ3v) is 7.94. The van der Waals surface area contributed by atoms with Crippen LogP contribution in [0.3, 0.4) is 0 Å². The minimum Gasteiger partial charge on any atom is -0.312 e. The molecule has 30 heavy (non-hydrogen) atoms. The summed E-state index contributed by atoms with van der Waals surface area (Å²) in [4.78, 5) is 13.8. The molecule has 0 atom stereocenters. The first kappa shape index (κ1) is 23.1. The van der Waals surface area contributed by atoms with Gasteiger partial charge in [-0.15, -0.1) is 0 Å². The van der Waals surface area contributed by atoms with Gasteiger partial charge < -0.3 is 4.90 Å². The van der Waals surface area contributed by atoms with E-state index in [-0.39, 0.29) is 5.91 Å². The number of benzene rings is 1. The molecular weight excluding hydrogens is 366 g/mol. The Morgan fingerprint density at radius 3 is 2.10 bits per heavy atom. The van der Waals surface area contributed by atoms with Crippen molar-refractivity contribution in [1.82, 2.24) is 0 Å². The minimum atomic E-state index is 0.0332. The average Bonchev–Trinajstić information content (AvgIpc) is 2.80. The van der Waals surface area contributed by atoms with Gasteiger partial charge in [0, 0.05) is 12.7 Å². The molecule has 0 unspecified atom stereocenters. The lowest BCUT2D eigenvalue weighted by Gasteiger charge is -2.38. The molecule has 0 bridgehead atoms. The molecule has 0 aliphatic heterocycles. The highest BCUT2D eigenvalue weighted by atomic mass is 16.2. The monoisotopic (exact) mass is 409 g/mol. The standard InChI is InChI=1S/C28H43NO/c1-4-6-7-9-22-10-12-23(13-11-22)24-14-16-25(17-15-24)26-18-20-27(21-19-26)29(3)28(30)8-5-2/h5,8,18-25H,4,6-7,9-17H2,1-3H3/b8-5+. The molecule has 2 saturated carbocycles. The Balaban J connectivity index is 1.44. The summed E-state index contributed by atoms with van der Waals surface area (Å²) in [6, 6.07) is 8.73. The first-order valence-corrected chi connectivity index (χ1v) is 12.6. The summed E-state index contributed by atoms with van der Waals surface area (Å²) in [6.07, 6.45) is 20.6. The summed E-state index contributed by atoms with van der Waals surface area (Å²) in [5.74, 6) is 3.74. The fraction of sp³-hybridized carbons (Fsp3) is 0.679. The summed E-state index contributed by atoms with van der Waals surface area (Å²) in [5, 5.41) is 0. The lowest BCUT2D eigenvalue weighted by atomic mass is 9.68. The molecule has 0 N–H and O–H groups in total. The number of unbranched alkanes of at least 4 members (excludes halogenated alkanes) is 2. The number of hydrogen-bond donors (Lipinski definition) is 0. The molecule has 166 valence electrons. The Kier molecular flexibility index (Phi) is 9.03. The number of carbonyl (C=O) groups is 1. The van der Waals surface area contributed by atoms with Crippen molar-refractivity contribution in [3.8, 4) is 0 Å². The van der Waals surface area contributed by atoms with E-state index >= 15 is 0 Å². The number of allylic oxidation sites excluding steroid dienone is 1. The number of amides is 1. The smallest absolute Gasteiger partial charge is 0.250 e. The molecule has 2 aliphatic rings. The largest absolute Gasteiger partial charge is 0.312 e. The predicted molar refractivity (Wildman–Crippen MR) is 129 cm³/mol. The molecule has 1 amide bonds. The quantitative estimate of drug-likeness (QED) is 0.316. The van der Waals surface area contributed by atoms with Crippen LogP contribution in [0.4, 0.5) is 5.69 Å². The van der Waals surface area contributed by atoms with Crippen molar-refractivity contribution in [1.29, 1.82) is 0 Å². The van der Waals surface area contributed by atoms with E-state index in [1.165, 1.54) is 82.6 Å². The maximum Gasteiger partial charge on any atom is 0.250 e. The molecule has 0 saturated heterocycles. The van der Waals surface area contributed by atoms with Crippen molar-refractivity contribution < 1.29 is 4.79 Å². The molecule has 2 fully saturated rings. The minimum absolute atomic E-state index is 0.0332. The Morgan fingerprint density at radius 1 is 0.933 bits per heavy atom. The van der Waals surface area contributed by atoms with Crippen molar-refractivity contribution in [3.63, 3.8) is 0 Å². The van der Waals surface area contributed by atoms with Crippen LogP contribution in [0.15, 0.2) is 36.4 Å². The van der Waals surface area contributed by atoms with Crippen molar-refractivity contribution in [2.75, 3.05) is 11.9 Å². The molecule has 0 radical (unpaired) electrons. The van der Waals surface area contributed by atoms with Crippen LogP contribution in [0.2, 0.25) is 0 Å². The van der Waals surface area contributed by atoms with E-state index < -0.39 is 0 Å². The van der Waals surface area contributed by atoms with Gasteiger partial charge in [-0.1, -0.05) is 63.7 Å². The van der Waals surface area contributed by atoms with Crippen LogP contribution in [0.25, 0.3) is 0 Å². The van der Waals surface area contributed by atoms with E-state index in [9.17, 15) is 4.79 Å². The maximum atomic E-state index is 12.0. The SMILES string of the molecule is C/C=C/C(=O)N(C)c1ccc(C2CCC(C3CCC(CCCCC)CC3)CC2)cc1. The average molecular weight is 410 g/mol. The van der Waals surface area contributed by atoms with Crippen LogP contribution < -0.4 is 4.90 Å². The van der Waals surface area contributed by atoms with E-state index in [4.69, 9.17) is 0 Å². The number of likely N-dealkylation sites (N-methyl/N-ethyl adjacent to an activating group) is 1. The van der Waals surface area contributed by atoms with E-state index in [1.807, 2.05) is 14.0 Å². The molecule has 1 aromatic carbocycles. The van der Waals surface area contributed by atoms with Crippen LogP contribution in [0, 0.1) is 17.8 Å². The van der Waals surface area contributed by atoms with E-state index in [1.54, 1.807) is 17.1 Å². The second-order valence-corrected chi connectivity index (χ2v) is 9.88. The van der Waals surface area contributed by atoms with Crippen LogP contribution in [-0.2, 0) is 4.79 Å². The zero-order valence-corrected chi connectivity index (χ0v) is 19.6. The van der Waals surface area contributed by atoms with Crippen molar-refractivity contribution in [2.45, 2.75) is 96.8 Å². The van der Waals surface area contributed by atoms with Gasteiger partial charge in [-0.3, -0.25) is 4.79 Å². The second-order valence-electron chi connectivity index (χ2n) is 9.88. The number of hydrogen-bond acceptors (Lipinski definition) is 1. The third-order valence-electron chi connectivity index (χ3n) is 7.94. The Hall–Kier alpha value is -1.57. The maximum absolute atomic E-state index is 12.0. The molecule has 3 rings (SSSR count). The molecule has 0 spiro atoms. The normalized spacial score (nSPS) is 27.3. The Bertz CT molecular complexity index is 660. The number of carbonyl (C=O) groups excluding carboxylic acids is 1. The molecule has 2 nitrogen and oxygen atoms in total. The van der Waals surface area contributed by atoms with Gasteiger partial charge in [0.05, 0.1) is 0 Å². The van der Waals surface area contributed by atoms with E-state index in [2.05, 4.69) is 31.2 Å². The molecule has 0 aromatic heterocycles. The van der Waals surface area contributed by atoms with Gasteiger partial charge in [0.1, 0.15) is 0 Å². The second kappa shape index (κ2) is 11.7. The zero-order valence-electron chi connectivity index (χ0n) is 19.6. The summed E-state index contributed by atoms with van der Waals surface area (Å²) >= 11 is 0. The number of rotatable bonds is 8. The molecule has 1 aromatic rings. The fourth-order valence-electron chi connectivity index (χ4n) is 5.91. The highest BCUT2D eigenvalue weighted by molar-refractivity contribution is 6.00. The summed E-state index contributed by atoms with van der Waals surface area (Å²) in [5.41, 5.74) is 2.44. The molecular formula is C28H43NO. The lowest BCUT2D eigenvalue weighted by Crippen LogP contribution is -2.25. The number of nitrogens with zero attached hydrogens (tertiary/aromatic N) is 1. The van der Waals surface area contributed by atoms with Gasteiger partial charge in [-0.25, -0.2) is 0 Å². The highest BCUT2D eigenvalue weighted by Crippen LogP contribution is 2.44. The van der Waals surface area contributed by atoms with Crippen LogP contribution in [0.1, 0.15) is 102 Å². The zero-order chi connectivity index (χ0) is 21.3.